The van der Waals surface area contributed by atoms with Gasteiger partial charge in [-0.2, -0.15) is 0 Å². The quantitative estimate of drug-likeness (QED) is 0.168. The predicted octanol–water partition coefficient (Wildman–Crippen LogP) is 14.2. The summed E-state index contributed by atoms with van der Waals surface area (Å²) >= 11 is 0. The number of nitrogens with zero attached hydrogens (tertiary/aromatic N) is 6. The Morgan fingerprint density at radius 2 is 0.746 bits per heavy atom. The van der Waals surface area contributed by atoms with E-state index >= 15 is 0 Å². The third kappa shape index (κ3) is 5.41. The van der Waals surface area contributed by atoms with E-state index in [0.29, 0.717) is 17.5 Å². The fraction of sp³-hybridized carbons (Fsp3) is 0. The van der Waals surface area contributed by atoms with Crippen molar-refractivity contribution in [1.82, 2.24) is 28.7 Å². The maximum atomic E-state index is 5.21. The van der Waals surface area contributed by atoms with Crippen LogP contribution in [-0.2, 0) is 0 Å². The van der Waals surface area contributed by atoms with Crippen LogP contribution in [0.5, 0.6) is 0 Å². The highest BCUT2D eigenvalue weighted by molar-refractivity contribution is 6.26. The van der Waals surface area contributed by atoms with Gasteiger partial charge in [0.2, 0.25) is 0 Å². The molecule has 0 amide bonds. The predicted molar refractivity (Wildman–Crippen MR) is 259 cm³/mol. The van der Waals surface area contributed by atoms with E-state index in [1.807, 2.05) is 36.4 Å². The molecule has 0 bridgehead atoms. The first-order valence-corrected chi connectivity index (χ1v) is 21.3. The zero-order valence-corrected chi connectivity index (χ0v) is 34.0. The Bertz CT molecular complexity index is 3830. The second-order valence-electron chi connectivity index (χ2n) is 16.0. The van der Waals surface area contributed by atoms with Crippen LogP contribution in [0.2, 0.25) is 0 Å². The molecule has 0 aliphatic rings. The summed E-state index contributed by atoms with van der Waals surface area (Å²) < 4.78 is 7.25. The Hall–Kier alpha value is -8.61. The molecule has 0 saturated heterocycles. The third-order valence-electron chi connectivity index (χ3n) is 12.5. The standard InChI is InChI=1S/C57H36N6/c1-5-18-37(19-6-1)55-58-56(38-20-7-2-8-21-38)60-57(59-55)46-29-17-28-43-47-36-41(32-34-50(47)62(53(43)46)39-22-9-3-10-23-39)61-49-31-16-14-27-45(49)52-51(61)35-33-44-42-26-13-15-30-48(42)63(54(44)52)40-24-11-4-12-25-40/h1-36H. The molecule has 0 unspecified atom stereocenters. The molecular weight excluding hydrogens is 769 g/mol. The summed E-state index contributed by atoms with van der Waals surface area (Å²) in [7, 11) is 0. The SMILES string of the molecule is c1ccc(-c2nc(-c3ccccc3)nc(-c3cccc4c5cc(-n6c7ccccc7c7c6ccc6c8ccccc8n(-c8ccccc8)c67)ccc5n(-c5ccccc5)c34)n2)cc1. The van der Waals surface area contributed by atoms with E-state index in [1.165, 1.54) is 32.6 Å². The van der Waals surface area contributed by atoms with Crippen molar-refractivity contribution < 1.29 is 0 Å². The van der Waals surface area contributed by atoms with Crippen LogP contribution < -0.4 is 0 Å². The van der Waals surface area contributed by atoms with Crippen molar-refractivity contribution in [2.75, 3.05) is 0 Å². The van der Waals surface area contributed by atoms with Crippen molar-refractivity contribution in [2.24, 2.45) is 0 Å². The van der Waals surface area contributed by atoms with Crippen LogP contribution in [0.25, 0.3) is 117 Å². The molecule has 0 spiro atoms. The van der Waals surface area contributed by atoms with Crippen molar-refractivity contribution in [3.8, 4) is 51.2 Å². The van der Waals surface area contributed by atoms with E-state index < -0.39 is 0 Å². The normalized spacial score (nSPS) is 11.8. The molecule has 63 heavy (non-hydrogen) atoms. The van der Waals surface area contributed by atoms with Gasteiger partial charge in [-0.05, 0) is 66.7 Å². The molecule has 0 atom stereocenters. The molecule has 4 aromatic heterocycles. The van der Waals surface area contributed by atoms with Crippen molar-refractivity contribution in [1.29, 1.82) is 0 Å². The fourth-order valence-electron chi connectivity index (χ4n) is 9.78. The van der Waals surface area contributed by atoms with E-state index in [0.717, 1.165) is 66.6 Å². The van der Waals surface area contributed by atoms with Gasteiger partial charge in [0, 0.05) is 66.1 Å². The summed E-state index contributed by atoms with van der Waals surface area (Å²) in [6, 6.07) is 77.3. The minimum Gasteiger partial charge on any atom is -0.309 e. The maximum absolute atomic E-state index is 5.21. The van der Waals surface area contributed by atoms with Crippen LogP contribution in [0.3, 0.4) is 0 Å². The lowest BCUT2D eigenvalue weighted by Crippen LogP contribution is -2.02. The van der Waals surface area contributed by atoms with Crippen LogP contribution in [0, 0.1) is 0 Å². The van der Waals surface area contributed by atoms with E-state index in [-0.39, 0.29) is 0 Å². The van der Waals surface area contributed by atoms with Gasteiger partial charge in [-0.3, -0.25) is 0 Å². The number of fused-ring (bicyclic) bond motifs is 10. The summed E-state index contributed by atoms with van der Waals surface area (Å²) in [6.45, 7) is 0. The Morgan fingerprint density at radius 1 is 0.270 bits per heavy atom. The Labute approximate surface area is 362 Å². The van der Waals surface area contributed by atoms with Gasteiger partial charge in [0.05, 0.1) is 33.1 Å². The van der Waals surface area contributed by atoms with Gasteiger partial charge in [0.25, 0.3) is 0 Å². The van der Waals surface area contributed by atoms with E-state index in [9.17, 15) is 0 Å². The molecule has 0 saturated carbocycles. The lowest BCUT2D eigenvalue weighted by Gasteiger charge is -2.13. The molecule has 0 aliphatic carbocycles. The highest BCUT2D eigenvalue weighted by Crippen LogP contribution is 2.44. The molecule has 13 rings (SSSR count). The topological polar surface area (TPSA) is 53.5 Å². The van der Waals surface area contributed by atoms with Crippen LogP contribution in [0.4, 0.5) is 0 Å². The second kappa shape index (κ2) is 14.0. The molecule has 0 radical (unpaired) electrons. The number of benzene rings is 9. The summed E-state index contributed by atoms with van der Waals surface area (Å²) in [6.07, 6.45) is 0. The van der Waals surface area contributed by atoms with Crippen molar-refractivity contribution in [3.05, 3.63) is 218 Å². The molecule has 0 N–H and O–H groups in total. The Kier molecular flexibility index (Phi) is 7.80. The van der Waals surface area contributed by atoms with Crippen LogP contribution >= 0.6 is 0 Å². The molecule has 6 nitrogen and oxygen atoms in total. The molecule has 294 valence electrons. The zero-order valence-electron chi connectivity index (χ0n) is 34.0. The van der Waals surface area contributed by atoms with Gasteiger partial charge in [-0.1, -0.05) is 152 Å². The van der Waals surface area contributed by atoms with Crippen LogP contribution in [0.15, 0.2) is 218 Å². The zero-order chi connectivity index (χ0) is 41.4. The van der Waals surface area contributed by atoms with E-state index in [2.05, 4.69) is 196 Å². The van der Waals surface area contributed by atoms with Crippen LogP contribution in [0.1, 0.15) is 0 Å². The van der Waals surface area contributed by atoms with Gasteiger partial charge < -0.3 is 13.7 Å². The number of para-hydroxylation sites is 5. The smallest absolute Gasteiger partial charge is 0.166 e. The van der Waals surface area contributed by atoms with Gasteiger partial charge in [-0.25, -0.2) is 15.0 Å². The highest BCUT2D eigenvalue weighted by Gasteiger charge is 2.23. The number of hydrogen-bond donors (Lipinski definition) is 0. The summed E-state index contributed by atoms with van der Waals surface area (Å²) in [4.78, 5) is 15.4. The van der Waals surface area contributed by atoms with Gasteiger partial charge in [0.1, 0.15) is 0 Å². The Balaban J connectivity index is 1.10. The fourth-order valence-corrected chi connectivity index (χ4v) is 9.78. The number of aromatic nitrogens is 6. The van der Waals surface area contributed by atoms with Gasteiger partial charge in [0.15, 0.2) is 17.5 Å². The van der Waals surface area contributed by atoms with Gasteiger partial charge >= 0.3 is 0 Å². The molecule has 0 fully saturated rings. The molecule has 4 heterocycles. The van der Waals surface area contributed by atoms with Crippen LogP contribution in [-0.4, -0.2) is 28.7 Å². The monoisotopic (exact) mass is 804 g/mol. The highest BCUT2D eigenvalue weighted by atomic mass is 15.1. The Morgan fingerprint density at radius 3 is 1.40 bits per heavy atom. The van der Waals surface area contributed by atoms with Crippen molar-refractivity contribution >= 4 is 65.4 Å². The first-order chi connectivity index (χ1) is 31.3. The van der Waals surface area contributed by atoms with Crippen molar-refractivity contribution in [3.63, 3.8) is 0 Å². The lowest BCUT2D eigenvalue weighted by atomic mass is 10.1. The maximum Gasteiger partial charge on any atom is 0.166 e. The minimum atomic E-state index is 0.619. The third-order valence-corrected chi connectivity index (χ3v) is 12.5. The van der Waals surface area contributed by atoms with E-state index in [4.69, 9.17) is 15.0 Å². The molecule has 6 heteroatoms. The molecular formula is C57H36N6. The largest absolute Gasteiger partial charge is 0.309 e. The summed E-state index contributed by atoms with van der Waals surface area (Å²) in [5, 5.41) is 7.18. The first-order valence-electron chi connectivity index (χ1n) is 21.3. The van der Waals surface area contributed by atoms with Crippen molar-refractivity contribution in [2.45, 2.75) is 0 Å². The minimum absolute atomic E-state index is 0.619. The second-order valence-corrected chi connectivity index (χ2v) is 16.0. The molecule has 13 aromatic rings. The summed E-state index contributed by atoms with van der Waals surface area (Å²) in [5.74, 6) is 1.88. The average molecular weight is 805 g/mol. The number of hydrogen-bond acceptors (Lipinski definition) is 3. The average Bonchev–Trinajstić information content (AvgIpc) is 4.00. The molecule has 9 aromatic carbocycles. The number of rotatable bonds is 6. The lowest BCUT2D eigenvalue weighted by molar-refractivity contribution is 1.07. The first kappa shape index (κ1) is 35.2. The van der Waals surface area contributed by atoms with E-state index in [1.54, 1.807) is 0 Å². The van der Waals surface area contributed by atoms with Gasteiger partial charge in [-0.15, -0.1) is 0 Å². The molecule has 0 aliphatic heterocycles. The summed E-state index contributed by atoms with van der Waals surface area (Å²) in [5.41, 5.74) is 12.9.